The number of allylic oxidation sites excluding steroid dienone is 1. The molecule has 0 aliphatic heterocycles. The molecular formula is C20H19ClN4O2S. The average molecular weight is 415 g/mol. The molecule has 0 saturated carbocycles. The standard InChI is InChI=1S/C20H19ClN4O2S/c1-3-10-25-19(15-6-4-5-7-17(15)26)23-24-20(25)28-12-18(27)22-14-8-9-16(21)13(2)11-14/h3-9,11,26H,1,10,12H2,2H3,(H,22,27). The normalized spacial score (nSPS) is 10.6. The van der Waals surface area contributed by atoms with Gasteiger partial charge in [0.15, 0.2) is 11.0 Å². The van der Waals surface area contributed by atoms with Gasteiger partial charge in [0.1, 0.15) is 5.75 Å². The summed E-state index contributed by atoms with van der Waals surface area (Å²) in [7, 11) is 0. The molecule has 28 heavy (non-hydrogen) atoms. The minimum absolute atomic E-state index is 0.118. The van der Waals surface area contributed by atoms with Crippen LogP contribution < -0.4 is 5.32 Å². The van der Waals surface area contributed by atoms with Crippen molar-refractivity contribution in [1.29, 1.82) is 0 Å². The quantitative estimate of drug-likeness (QED) is 0.438. The molecule has 1 heterocycles. The van der Waals surface area contributed by atoms with Crippen LogP contribution in [0.2, 0.25) is 5.02 Å². The summed E-state index contributed by atoms with van der Waals surface area (Å²) in [5, 5.41) is 22.5. The Morgan fingerprint density at radius 3 is 2.82 bits per heavy atom. The van der Waals surface area contributed by atoms with Crippen molar-refractivity contribution < 1.29 is 9.90 Å². The number of hydrogen-bond acceptors (Lipinski definition) is 5. The Kier molecular flexibility index (Phi) is 6.38. The first-order valence-corrected chi connectivity index (χ1v) is 9.87. The van der Waals surface area contributed by atoms with E-state index >= 15 is 0 Å². The van der Waals surface area contributed by atoms with Crippen LogP contribution in [0.25, 0.3) is 11.4 Å². The first-order chi connectivity index (χ1) is 13.5. The molecule has 3 aromatic rings. The van der Waals surface area contributed by atoms with E-state index in [1.807, 2.05) is 23.6 Å². The molecule has 0 unspecified atom stereocenters. The zero-order valence-corrected chi connectivity index (χ0v) is 16.8. The largest absolute Gasteiger partial charge is 0.507 e. The molecule has 0 aliphatic rings. The maximum Gasteiger partial charge on any atom is 0.234 e. The van der Waals surface area contributed by atoms with Crippen molar-refractivity contribution in [3.8, 4) is 17.1 Å². The van der Waals surface area contributed by atoms with E-state index in [1.54, 1.807) is 36.4 Å². The summed E-state index contributed by atoms with van der Waals surface area (Å²) in [5.41, 5.74) is 2.16. The van der Waals surface area contributed by atoms with Crippen LogP contribution >= 0.6 is 23.4 Å². The Morgan fingerprint density at radius 2 is 2.11 bits per heavy atom. The average Bonchev–Trinajstić information content (AvgIpc) is 3.06. The van der Waals surface area contributed by atoms with Gasteiger partial charge in [-0.15, -0.1) is 16.8 Å². The summed E-state index contributed by atoms with van der Waals surface area (Å²) < 4.78 is 1.81. The van der Waals surface area contributed by atoms with Crippen LogP contribution in [0, 0.1) is 6.92 Å². The molecule has 0 atom stereocenters. The number of carbonyl (C=O) groups excluding carboxylic acids is 1. The Hall–Kier alpha value is -2.77. The number of phenolic OH excluding ortho intramolecular Hbond substituents is 1. The van der Waals surface area contributed by atoms with Crippen LogP contribution in [0.4, 0.5) is 5.69 Å². The second-order valence-corrected chi connectivity index (χ2v) is 7.37. The third-order valence-corrected chi connectivity index (χ3v) is 5.34. The zero-order valence-electron chi connectivity index (χ0n) is 15.2. The molecule has 8 heteroatoms. The lowest BCUT2D eigenvalue weighted by Crippen LogP contribution is -2.14. The number of phenols is 1. The van der Waals surface area contributed by atoms with Gasteiger partial charge < -0.3 is 10.4 Å². The predicted octanol–water partition coefficient (Wildman–Crippen LogP) is 4.53. The van der Waals surface area contributed by atoms with E-state index in [2.05, 4.69) is 22.1 Å². The van der Waals surface area contributed by atoms with Gasteiger partial charge in [0.25, 0.3) is 0 Å². The van der Waals surface area contributed by atoms with E-state index in [9.17, 15) is 9.90 Å². The highest BCUT2D eigenvalue weighted by molar-refractivity contribution is 7.99. The van der Waals surface area contributed by atoms with Crippen LogP contribution in [-0.4, -0.2) is 31.5 Å². The Morgan fingerprint density at radius 1 is 1.32 bits per heavy atom. The van der Waals surface area contributed by atoms with Crippen LogP contribution in [0.15, 0.2) is 60.3 Å². The van der Waals surface area contributed by atoms with E-state index in [0.29, 0.717) is 33.8 Å². The first-order valence-electron chi connectivity index (χ1n) is 8.51. The summed E-state index contributed by atoms with van der Waals surface area (Å²) in [6, 6.07) is 12.2. The molecule has 0 fully saturated rings. The third-order valence-electron chi connectivity index (χ3n) is 3.95. The molecule has 0 radical (unpaired) electrons. The lowest BCUT2D eigenvalue weighted by molar-refractivity contribution is -0.113. The maximum atomic E-state index is 12.3. The minimum atomic E-state index is -0.163. The number of aryl methyl sites for hydroxylation is 1. The van der Waals surface area contributed by atoms with E-state index < -0.39 is 0 Å². The fraction of sp³-hybridized carbons (Fsp3) is 0.150. The number of anilines is 1. The van der Waals surface area contributed by atoms with Crippen LogP contribution in [-0.2, 0) is 11.3 Å². The van der Waals surface area contributed by atoms with Crippen molar-refractivity contribution in [3.05, 3.63) is 65.7 Å². The molecule has 0 saturated heterocycles. The molecule has 3 rings (SSSR count). The minimum Gasteiger partial charge on any atom is -0.507 e. The molecule has 0 aliphatic carbocycles. The number of nitrogens with zero attached hydrogens (tertiary/aromatic N) is 3. The van der Waals surface area contributed by atoms with Crippen molar-refractivity contribution >= 4 is 35.0 Å². The van der Waals surface area contributed by atoms with Crippen molar-refractivity contribution in [1.82, 2.24) is 14.8 Å². The van der Waals surface area contributed by atoms with E-state index in [0.717, 1.165) is 5.56 Å². The molecule has 1 aromatic heterocycles. The van der Waals surface area contributed by atoms with Gasteiger partial charge in [0, 0.05) is 17.3 Å². The fourth-order valence-corrected chi connectivity index (χ4v) is 3.47. The number of para-hydroxylation sites is 1. The number of carbonyl (C=O) groups is 1. The van der Waals surface area contributed by atoms with Gasteiger partial charge in [-0.3, -0.25) is 9.36 Å². The Balaban J connectivity index is 1.73. The van der Waals surface area contributed by atoms with Crippen molar-refractivity contribution in [3.63, 3.8) is 0 Å². The van der Waals surface area contributed by atoms with Gasteiger partial charge in [-0.2, -0.15) is 0 Å². The van der Waals surface area contributed by atoms with E-state index in [1.165, 1.54) is 11.8 Å². The van der Waals surface area contributed by atoms with Crippen molar-refractivity contribution in [2.75, 3.05) is 11.1 Å². The number of rotatable bonds is 7. The number of hydrogen-bond donors (Lipinski definition) is 2. The fourth-order valence-electron chi connectivity index (χ4n) is 2.60. The highest BCUT2D eigenvalue weighted by atomic mass is 35.5. The maximum absolute atomic E-state index is 12.3. The van der Waals surface area contributed by atoms with Gasteiger partial charge >= 0.3 is 0 Å². The number of halogens is 1. The summed E-state index contributed by atoms with van der Waals surface area (Å²) in [6.07, 6.45) is 1.72. The first kappa shape index (κ1) is 20.0. The molecule has 144 valence electrons. The number of thioether (sulfide) groups is 1. The van der Waals surface area contributed by atoms with Crippen molar-refractivity contribution in [2.45, 2.75) is 18.6 Å². The van der Waals surface area contributed by atoms with Crippen LogP contribution in [0.5, 0.6) is 5.75 Å². The highest BCUT2D eigenvalue weighted by Gasteiger charge is 2.17. The van der Waals surface area contributed by atoms with Gasteiger partial charge in [-0.05, 0) is 42.8 Å². The van der Waals surface area contributed by atoms with Gasteiger partial charge in [-0.1, -0.05) is 41.6 Å². The summed E-state index contributed by atoms with van der Waals surface area (Å²) >= 11 is 7.27. The highest BCUT2D eigenvalue weighted by Crippen LogP contribution is 2.30. The monoisotopic (exact) mass is 414 g/mol. The SMILES string of the molecule is C=CCn1c(SCC(=O)Nc2ccc(Cl)c(C)c2)nnc1-c1ccccc1O. The van der Waals surface area contributed by atoms with E-state index in [4.69, 9.17) is 11.6 Å². The predicted molar refractivity (Wildman–Crippen MR) is 113 cm³/mol. The topological polar surface area (TPSA) is 80.0 Å². The third kappa shape index (κ3) is 4.55. The zero-order chi connectivity index (χ0) is 20.1. The smallest absolute Gasteiger partial charge is 0.234 e. The van der Waals surface area contributed by atoms with Crippen LogP contribution in [0.1, 0.15) is 5.56 Å². The van der Waals surface area contributed by atoms with E-state index in [-0.39, 0.29) is 17.4 Å². The Bertz CT molecular complexity index is 1020. The summed E-state index contributed by atoms with van der Waals surface area (Å²) in [5.74, 6) is 0.642. The van der Waals surface area contributed by atoms with Crippen LogP contribution in [0.3, 0.4) is 0 Å². The molecule has 2 N–H and O–H groups in total. The molecule has 6 nitrogen and oxygen atoms in total. The molecular weight excluding hydrogens is 396 g/mol. The number of nitrogens with one attached hydrogen (secondary N) is 1. The molecule has 0 bridgehead atoms. The van der Waals surface area contributed by atoms with Gasteiger partial charge in [-0.25, -0.2) is 0 Å². The van der Waals surface area contributed by atoms with Gasteiger partial charge in [0.05, 0.1) is 11.3 Å². The van der Waals surface area contributed by atoms with Crippen molar-refractivity contribution in [2.24, 2.45) is 0 Å². The summed E-state index contributed by atoms with van der Waals surface area (Å²) in [4.78, 5) is 12.3. The lowest BCUT2D eigenvalue weighted by atomic mass is 10.2. The lowest BCUT2D eigenvalue weighted by Gasteiger charge is -2.09. The second kappa shape index (κ2) is 8.95. The van der Waals surface area contributed by atoms with Gasteiger partial charge in [0.2, 0.25) is 5.91 Å². The number of aromatic nitrogens is 3. The number of aromatic hydroxyl groups is 1. The molecule has 2 aromatic carbocycles. The second-order valence-electron chi connectivity index (χ2n) is 6.02. The number of amides is 1. The summed E-state index contributed by atoms with van der Waals surface area (Å²) in [6.45, 7) is 6.10. The molecule has 0 spiro atoms. The number of benzene rings is 2. The molecule has 1 amide bonds. The Labute approximate surface area is 172 Å².